The van der Waals surface area contributed by atoms with Crippen LogP contribution in [0.4, 0.5) is 14.5 Å². The maximum absolute atomic E-state index is 15.0. The molecule has 0 saturated heterocycles. The van der Waals surface area contributed by atoms with Gasteiger partial charge in [-0.25, -0.2) is 22.0 Å². The van der Waals surface area contributed by atoms with Crippen LogP contribution in [0.1, 0.15) is 31.7 Å². The van der Waals surface area contributed by atoms with Gasteiger partial charge in [0.05, 0.1) is 23.6 Å². The molecule has 2 aliphatic rings. The first kappa shape index (κ1) is 18.9. The van der Waals surface area contributed by atoms with Gasteiger partial charge in [0.2, 0.25) is 0 Å². The fraction of sp³-hybridized carbons (Fsp3) is 0.381. The second-order valence-corrected chi connectivity index (χ2v) is 9.83. The van der Waals surface area contributed by atoms with Gasteiger partial charge in [0.1, 0.15) is 10.6 Å². The largest absolute Gasteiger partial charge is 0.490 e. The normalized spacial score (nSPS) is 26.5. The molecule has 4 nitrogen and oxygen atoms in total. The summed E-state index contributed by atoms with van der Waals surface area (Å²) in [5.41, 5.74) is 0.125. The molecule has 1 heterocycles. The van der Waals surface area contributed by atoms with Crippen molar-refractivity contribution in [2.45, 2.75) is 35.8 Å². The SMILES string of the molecule is [C-]#[N+]c1ccc(S(=O)(=O)[C@@]23CC[C@@H](C)C[C@@H]2COc2c(F)ccc(F)c23)cc1. The van der Waals surface area contributed by atoms with Crippen molar-refractivity contribution < 1.29 is 21.9 Å². The van der Waals surface area contributed by atoms with E-state index in [-0.39, 0.29) is 35.2 Å². The van der Waals surface area contributed by atoms with E-state index in [1.807, 2.05) is 6.92 Å². The first-order valence-electron chi connectivity index (χ1n) is 9.14. The average Bonchev–Trinajstić information content (AvgIpc) is 2.70. The molecule has 28 heavy (non-hydrogen) atoms. The van der Waals surface area contributed by atoms with Crippen LogP contribution >= 0.6 is 0 Å². The third kappa shape index (κ3) is 2.55. The Kier molecular flexibility index (Phi) is 4.42. The lowest BCUT2D eigenvalue weighted by Crippen LogP contribution is -2.52. The maximum Gasteiger partial charge on any atom is 0.188 e. The van der Waals surface area contributed by atoms with E-state index in [9.17, 15) is 17.2 Å². The lowest BCUT2D eigenvalue weighted by atomic mass is 9.70. The van der Waals surface area contributed by atoms with Crippen molar-refractivity contribution >= 4 is 15.5 Å². The molecular formula is C21H19F2NO3S. The molecule has 0 bridgehead atoms. The molecule has 1 aliphatic carbocycles. The molecule has 2 aromatic rings. The van der Waals surface area contributed by atoms with Crippen LogP contribution in [0.25, 0.3) is 4.85 Å². The van der Waals surface area contributed by atoms with Crippen molar-refractivity contribution in [3.63, 3.8) is 0 Å². The fourth-order valence-corrected chi connectivity index (χ4v) is 7.01. The number of ether oxygens (including phenoxy) is 1. The molecule has 4 rings (SSSR count). The van der Waals surface area contributed by atoms with E-state index >= 15 is 0 Å². The number of hydrogen-bond acceptors (Lipinski definition) is 3. The molecule has 1 aliphatic heterocycles. The molecule has 3 atom stereocenters. The van der Waals surface area contributed by atoms with E-state index in [0.29, 0.717) is 18.5 Å². The summed E-state index contributed by atoms with van der Waals surface area (Å²) < 4.78 is 61.1. The second-order valence-electron chi connectivity index (χ2n) is 7.62. The average molecular weight is 403 g/mol. The summed E-state index contributed by atoms with van der Waals surface area (Å²) in [6, 6.07) is 7.54. The van der Waals surface area contributed by atoms with Crippen molar-refractivity contribution in [1.29, 1.82) is 0 Å². The van der Waals surface area contributed by atoms with Crippen molar-refractivity contribution in [3.8, 4) is 5.75 Å². The van der Waals surface area contributed by atoms with Gasteiger partial charge in [-0.15, -0.1) is 0 Å². The minimum Gasteiger partial charge on any atom is -0.490 e. The fourth-order valence-electron chi connectivity index (χ4n) is 4.64. The van der Waals surface area contributed by atoms with Crippen LogP contribution < -0.4 is 4.74 Å². The molecule has 1 saturated carbocycles. The van der Waals surface area contributed by atoms with Crippen molar-refractivity contribution in [3.05, 3.63) is 65.0 Å². The lowest BCUT2D eigenvalue weighted by molar-refractivity contribution is 0.103. The van der Waals surface area contributed by atoms with Crippen LogP contribution in [0.15, 0.2) is 41.3 Å². The predicted molar refractivity (Wildman–Crippen MR) is 99.9 cm³/mol. The summed E-state index contributed by atoms with van der Waals surface area (Å²) in [6.07, 6.45) is 1.34. The highest BCUT2D eigenvalue weighted by atomic mass is 32.2. The molecule has 0 amide bonds. The zero-order valence-electron chi connectivity index (χ0n) is 15.3. The molecule has 0 spiro atoms. The van der Waals surface area contributed by atoms with Crippen molar-refractivity contribution in [1.82, 2.24) is 0 Å². The first-order chi connectivity index (χ1) is 13.3. The molecule has 0 aromatic heterocycles. The molecule has 0 radical (unpaired) electrons. The zero-order chi connectivity index (χ0) is 20.1. The smallest absolute Gasteiger partial charge is 0.188 e. The van der Waals surface area contributed by atoms with E-state index in [4.69, 9.17) is 11.3 Å². The van der Waals surface area contributed by atoms with Crippen LogP contribution in [-0.4, -0.2) is 15.0 Å². The number of fused-ring (bicyclic) bond motifs is 3. The Morgan fingerprint density at radius 3 is 2.50 bits per heavy atom. The molecule has 0 N–H and O–H groups in total. The summed E-state index contributed by atoms with van der Waals surface area (Å²) >= 11 is 0. The van der Waals surface area contributed by atoms with Gasteiger partial charge in [0, 0.05) is 5.92 Å². The van der Waals surface area contributed by atoms with Crippen LogP contribution in [0, 0.1) is 30.0 Å². The highest BCUT2D eigenvalue weighted by Gasteiger charge is 2.59. The maximum atomic E-state index is 15.0. The topological polar surface area (TPSA) is 47.7 Å². The van der Waals surface area contributed by atoms with E-state index in [1.54, 1.807) is 0 Å². The number of halogens is 2. The van der Waals surface area contributed by atoms with Crippen LogP contribution in [-0.2, 0) is 14.6 Å². The van der Waals surface area contributed by atoms with E-state index in [2.05, 4.69) is 4.85 Å². The third-order valence-electron chi connectivity index (χ3n) is 6.02. The van der Waals surface area contributed by atoms with Gasteiger partial charge in [-0.1, -0.05) is 31.2 Å². The van der Waals surface area contributed by atoms with Crippen LogP contribution in [0.2, 0.25) is 0 Å². The molecular weight excluding hydrogens is 384 g/mol. The van der Waals surface area contributed by atoms with Gasteiger partial charge in [-0.05, 0) is 37.3 Å². The van der Waals surface area contributed by atoms with Gasteiger partial charge in [-0.3, -0.25) is 0 Å². The monoisotopic (exact) mass is 403 g/mol. The molecule has 2 aromatic carbocycles. The second kappa shape index (κ2) is 6.56. The number of hydrogen-bond donors (Lipinski definition) is 0. The van der Waals surface area contributed by atoms with Crippen LogP contribution in [0.3, 0.4) is 0 Å². The Hall–Kier alpha value is -2.46. The van der Waals surface area contributed by atoms with Crippen molar-refractivity contribution in [2.24, 2.45) is 11.8 Å². The molecule has 146 valence electrons. The molecule has 1 fully saturated rings. The summed E-state index contributed by atoms with van der Waals surface area (Å²) in [5.74, 6) is -2.04. The Balaban J connectivity index is 2.00. The molecule has 7 heteroatoms. The predicted octanol–water partition coefficient (Wildman–Crippen LogP) is 5.01. The highest BCUT2D eigenvalue weighted by Crippen LogP contribution is 2.57. The minimum absolute atomic E-state index is 0.0102. The van der Waals surface area contributed by atoms with Gasteiger partial charge < -0.3 is 4.74 Å². The van der Waals surface area contributed by atoms with Crippen LogP contribution in [0.5, 0.6) is 5.75 Å². The summed E-state index contributed by atoms with van der Waals surface area (Å²) in [5, 5.41) is 0. The standard InChI is InChI=1S/C21H19F2NO3S/c1-13-9-10-21(28(25,26)16-5-3-15(24-2)4-6-16)14(11-13)12-27-20-18(23)8-7-17(22)19(20)21/h3-8,13-14H,9-12H2,1H3/t13-,14-,21+/m1/s1. The Morgan fingerprint density at radius 1 is 1.14 bits per heavy atom. The van der Waals surface area contributed by atoms with E-state index < -0.39 is 32.1 Å². The number of benzene rings is 2. The van der Waals surface area contributed by atoms with Gasteiger partial charge in [-0.2, -0.15) is 0 Å². The quantitative estimate of drug-likeness (QED) is 0.662. The lowest BCUT2D eigenvalue weighted by Gasteiger charge is -2.48. The summed E-state index contributed by atoms with van der Waals surface area (Å²) in [4.78, 5) is 3.29. The number of sulfone groups is 1. The van der Waals surface area contributed by atoms with E-state index in [1.165, 1.54) is 24.3 Å². The summed E-state index contributed by atoms with van der Waals surface area (Å²) in [7, 11) is -4.07. The van der Waals surface area contributed by atoms with Gasteiger partial charge in [0.25, 0.3) is 0 Å². The highest BCUT2D eigenvalue weighted by molar-refractivity contribution is 7.92. The Bertz CT molecular complexity index is 1080. The number of rotatable bonds is 2. The van der Waals surface area contributed by atoms with E-state index in [0.717, 1.165) is 12.1 Å². The zero-order valence-corrected chi connectivity index (χ0v) is 16.1. The van der Waals surface area contributed by atoms with Crippen molar-refractivity contribution in [2.75, 3.05) is 6.61 Å². The van der Waals surface area contributed by atoms with Gasteiger partial charge in [0.15, 0.2) is 27.1 Å². The number of nitrogens with zero attached hydrogens (tertiary/aromatic N) is 1. The first-order valence-corrected chi connectivity index (χ1v) is 10.6. The third-order valence-corrected chi connectivity index (χ3v) is 8.61. The summed E-state index contributed by atoms with van der Waals surface area (Å²) in [6.45, 7) is 9.10. The molecule has 0 unspecified atom stereocenters. The minimum atomic E-state index is -4.07. The Morgan fingerprint density at radius 2 is 1.82 bits per heavy atom. The van der Waals surface area contributed by atoms with Gasteiger partial charge >= 0.3 is 0 Å². The Labute approximate surface area is 162 Å².